The molecule has 0 saturated carbocycles. The molecule has 4 heteroatoms. The molecule has 2 aromatic rings. The van der Waals surface area contributed by atoms with E-state index in [-0.39, 0.29) is 0 Å². The first-order chi connectivity index (χ1) is 7.26. The molecule has 0 radical (unpaired) electrons. The number of benzene rings is 1. The van der Waals surface area contributed by atoms with Gasteiger partial charge in [-0.05, 0) is 18.2 Å². The van der Waals surface area contributed by atoms with E-state index < -0.39 is 5.97 Å². The Kier molecular flexibility index (Phi) is 2.33. The summed E-state index contributed by atoms with van der Waals surface area (Å²) >= 11 is 0. The van der Waals surface area contributed by atoms with Gasteiger partial charge in [-0.2, -0.15) is 0 Å². The van der Waals surface area contributed by atoms with Crippen LogP contribution in [0.5, 0.6) is 5.75 Å². The van der Waals surface area contributed by atoms with Crippen molar-refractivity contribution in [1.82, 2.24) is 0 Å². The molecular weight excluding hydrogens is 196 g/mol. The van der Waals surface area contributed by atoms with Crippen LogP contribution < -0.4 is 4.74 Å². The number of furan rings is 1. The van der Waals surface area contributed by atoms with E-state index in [2.05, 4.69) is 4.74 Å². The molecule has 0 aliphatic heterocycles. The van der Waals surface area contributed by atoms with Crippen molar-refractivity contribution in [2.24, 2.45) is 0 Å². The van der Waals surface area contributed by atoms with Crippen LogP contribution in [0, 0.1) is 0 Å². The number of methoxy groups -OCH3 is 2. The Morgan fingerprint density at radius 1 is 1.33 bits per heavy atom. The minimum absolute atomic E-state index is 0.411. The van der Waals surface area contributed by atoms with E-state index in [0.29, 0.717) is 16.9 Å². The van der Waals surface area contributed by atoms with E-state index in [0.717, 1.165) is 5.39 Å². The van der Waals surface area contributed by atoms with Gasteiger partial charge in [0.2, 0.25) is 0 Å². The fraction of sp³-hybridized carbons (Fsp3) is 0.182. The molecule has 0 spiro atoms. The highest BCUT2D eigenvalue weighted by Gasteiger charge is 2.12. The molecule has 1 aromatic heterocycles. The third-order valence-corrected chi connectivity index (χ3v) is 2.17. The normalized spacial score (nSPS) is 10.3. The fourth-order valence-corrected chi connectivity index (χ4v) is 1.44. The predicted molar refractivity (Wildman–Crippen MR) is 54.1 cm³/mol. The first-order valence-corrected chi connectivity index (χ1v) is 4.40. The van der Waals surface area contributed by atoms with E-state index in [9.17, 15) is 4.79 Å². The van der Waals surface area contributed by atoms with Gasteiger partial charge in [-0.25, -0.2) is 4.79 Å². The lowest BCUT2D eigenvalue weighted by atomic mass is 10.1. The average Bonchev–Trinajstić information content (AvgIpc) is 2.74. The Bertz CT molecular complexity index is 498. The Hall–Kier alpha value is -1.97. The second kappa shape index (κ2) is 3.65. The molecule has 1 heterocycles. The SMILES string of the molecule is COC(=O)c1cc(OC)c2ccoc2c1. The molecule has 15 heavy (non-hydrogen) atoms. The monoisotopic (exact) mass is 206 g/mol. The van der Waals surface area contributed by atoms with E-state index >= 15 is 0 Å². The molecule has 0 aliphatic carbocycles. The molecule has 2 rings (SSSR count). The number of hydrogen-bond acceptors (Lipinski definition) is 4. The summed E-state index contributed by atoms with van der Waals surface area (Å²) in [6.07, 6.45) is 1.55. The Morgan fingerprint density at radius 3 is 2.80 bits per heavy atom. The third kappa shape index (κ3) is 1.54. The van der Waals surface area contributed by atoms with Crippen molar-refractivity contribution in [3.05, 3.63) is 30.0 Å². The van der Waals surface area contributed by atoms with Gasteiger partial charge in [0.25, 0.3) is 0 Å². The van der Waals surface area contributed by atoms with Crippen LogP contribution in [0.1, 0.15) is 10.4 Å². The lowest BCUT2D eigenvalue weighted by Gasteiger charge is -2.04. The van der Waals surface area contributed by atoms with E-state index in [1.807, 2.05) is 0 Å². The van der Waals surface area contributed by atoms with Crippen molar-refractivity contribution in [3.63, 3.8) is 0 Å². The van der Waals surface area contributed by atoms with Crippen LogP contribution in [-0.2, 0) is 4.74 Å². The lowest BCUT2D eigenvalue weighted by molar-refractivity contribution is 0.0600. The summed E-state index contributed by atoms with van der Waals surface area (Å²) < 4.78 is 15.0. The van der Waals surface area contributed by atoms with Crippen molar-refractivity contribution in [2.45, 2.75) is 0 Å². The maximum absolute atomic E-state index is 11.3. The van der Waals surface area contributed by atoms with Crippen LogP contribution in [0.25, 0.3) is 11.0 Å². The predicted octanol–water partition coefficient (Wildman–Crippen LogP) is 2.23. The molecule has 0 aliphatic rings. The van der Waals surface area contributed by atoms with Gasteiger partial charge in [0.1, 0.15) is 11.3 Å². The van der Waals surface area contributed by atoms with Crippen LogP contribution >= 0.6 is 0 Å². The number of ether oxygens (including phenoxy) is 2. The van der Waals surface area contributed by atoms with Gasteiger partial charge in [-0.1, -0.05) is 0 Å². The molecule has 0 amide bonds. The highest BCUT2D eigenvalue weighted by molar-refractivity contribution is 5.96. The van der Waals surface area contributed by atoms with Crippen LogP contribution in [0.4, 0.5) is 0 Å². The molecule has 0 saturated heterocycles. The van der Waals surface area contributed by atoms with Gasteiger partial charge < -0.3 is 13.9 Å². The van der Waals surface area contributed by atoms with Crippen molar-refractivity contribution >= 4 is 16.9 Å². The fourth-order valence-electron chi connectivity index (χ4n) is 1.44. The zero-order valence-electron chi connectivity index (χ0n) is 8.44. The zero-order valence-corrected chi connectivity index (χ0v) is 8.44. The molecule has 4 nitrogen and oxygen atoms in total. The average molecular weight is 206 g/mol. The van der Waals surface area contributed by atoms with Crippen LogP contribution in [-0.4, -0.2) is 20.2 Å². The number of esters is 1. The van der Waals surface area contributed by atoms with Crippen molar-refractivity contribution in [2.75, 3.05) is 14.2 Å². The summed E-state index contributed by atoms with van der Waals surface area (Å²) in [5.41, 5.74) is 1.02. The molecule has 78 valence electrons. The van der Waals surface area contributed by atoms with Gasteiger partial charge >= 0.3 is 5.97 Å². The first kappa shape index (κ1) is 9.58. The van der Waals surface area contributed by atoms with Gasteiger partial charge in [0.15, 0.2) is 0 Å². The lowest BCUT2D eigenvalue weighted by Crippen LogP contribution is -2.01. The summed E-state index contributed by atoms with van der Waals surface area (Å²) in [6.45, 7) is 0. The number of carbonyl (C=O) groups excluding carboxylic acids is 1. The van der Waals surface area contributed by atoms with Gasteiger partial charge in [0, 0.05) is 0 Å². The molecule has 0 unspecified atom stereocenters. The smallest absolute Gasteiger partial charge is 0.338 e. The highest BCUT2D eigenvalue weighted by Crippen LogP contribution is 2.28. The highest BCUT2D eigenvalue weighted by atomic mass is 16.5. The van der Waals surface area contributed by atoms with Gasteiger partial charge in [-0.3, -0.25) is 0 Å². The molecule has 0 atom stereocenters. The number of carbonyl (C=O) groups is 1. The Labute approximate surface area is 86.4 Å². The van der Waals surface area contributed by atoms with Crippen LogP contribution in [0.2, 0.25) is 0 Å². The van der Waals surface area contributed by atoms with Crippen molar-refractivity contribution in [1.29, 1.82) is 0 Å². The molecular formula is C11H10O4. The summed E-state index contributed by atoms with van der Waals surface area (Å²) in [6, 6.07) is 5.04. The quantitative estimate of drug-likeness (QED) is 0.707. The zero-order chi connectivity index (χ0) is 10.8. The minimum atomic E-state index is -0.411. The summed E-state index contributed by atoms with van der Waals surface area (Å²) in [5.74, 6) is 0.188. The topological polar surface area (TPSA) is 48.7 Å². The minimum Gasteiger partial charge on any atom is -0.496 e. The van der Waals surface area contributed by atoms with E-state index in [1.54, 1.807) is 31.6 Å². The molecule has 0 fully saturated rings. The molecule has 0 N–H and O–H groups in total. The van der Waals surface area contributed by atoms with Crippen molar-refractivity contribution < 1.29 is 18.7 Å². The number of hydrogen-bond donors (Lipinski definition) is 0. The first-order valence-electron chi connectivity index (χ1n) is 4.40. The van der Waals surface area contributed by atoms with Gasteiger partial charge in [-0.15, -0.1) is 0 Å². The molecule has 1 aromatic carbocycles. The summed E-state index contributed by atoms with van der Waals surface area (Å²) in [4.78, 5) is 11.3. The molecule has 0 bridgehead atoms. The summed E-state index contributed by atoms with van der Waals surface area (Å²) in [7, 11) is 2.88. The van der Waals surface area contributed by atoms with Gasteiger partial charge in [0.05, 0.1) is 31.4 Å². The van der Waals surface area contributed by atoms with Crippen LogP contribution in [0.15, 0.2) is 28.9 Å². The maximum Gasteiger partial charge on any atom is 0.338 e. The number of fused-ring (bicyclic) bond motifs is 1. The standard InChI is InChI=1S/C11H10O4/c1-13-9-5-7(11(12)14-2)6-10-8(9)3-4-15-10/h3-6H,1-2H3. The van der Waals surface area contributed by atoms with E-state index in [4.69, 9.17) is 9.15 Å². The largest absolute Gasteiger partial charge is 0.496 e. The Morgan fingerprint density at radius 2 is 2.13 bits per heavy atom. The maximum atomic E-state index is 11.3. The summed E-state index contributed by atoms with van der Waals surface area (Å²) in [5, 5.41) is 0.838. The van der Waals surface area contributed by atoms with E-state index in [1.165, 1.54) is 7.11 Å². The second-order valence-corrected chi connectivity index (χ2v) is 3.00. The van der Waals surface area contributed by atoms with Crippen molar-refractivity contribution in [3.8, 4) is 5.75 Å². The third-order valence-electron chi connectivity index (χ3n) is 2.17. The second-order valence-electron chi connectivity index (χ2n) is 3.00. The number of rotatable bonds is 2. The van der Waals surface area contributed by atoms with Crippen LogP contribution in [0.3, 0.4) is 0 Å². The Balaban J connectivity index is 2.63.